The summed E-state index contributed by atoms with van der Waals surface area (Å²) in [5.74, 6) is 0. The Morgan fingerprint density at radius 2 is 1.87 bits per heavy atom. The lowest BCUT2D eigenvalue weighted by Gasteiger charge is -2.05. The number of aromatic nitrogens is 3. The average Bonchev–Trinajstić information content (AvgIpc) is 2.87. The predicted octanol–water partition coefficient (Wildman–Crippen LogP) is 3.07. The number of nitrogens with zero attached hydrogens (tertiary/aromatic N) is 2. The molecule has 3 N–H and O–H groups in total. The van der Waals surface area contributed by atoms with Crippen LogP contribution in [0.5, 0.6) is 0 Å². The molecule has 0 atom stereocenters. The lowest BCUT2D eigenvalue weighted by molar-refractivity contribution is 1.02. The Morgan fingerprint density at radius 1 is 1.13 bits per heavy atom. The van der Waals surface area contributed by atoms with Gasteiger partial charge in [0.25, 0.3) is 5.56 Å². The Balaban J connectivity index is 2.20. The van der Waals surface area contributed by atoms with Gasteiger partial charge in [0.05, 0.1) is 27.8 Å². The number of nitrogen functional groups attached to an aromatic ring is 1. The first kappa shape index (κ1) is 13.3. The van der Waals surface area contributed by atoms with E-state index in [1.807, 2.05) is 47.0 Å². The summed E-state index contributed by atoms with van der Waals surface area (Å²) in [6.45, 7) is 3.85. The van der Waals surface area contributed by atoms with Crippen LogP contribution in [0.25, 0.3) is 33.6 Å². The zero-order valence-electron chi connectivity index (χ0n) is 12.3. The highest BCUT2D eigenvalue weighted by atomic mass is 16.1. The Labute approximate surface area is 131 Å². The van der Waals surface area contributed by atoms with Gasteiger partial charge in [0.15, 0.2) is 0 Å². The maximum atomic E-state index is 12.0. The van der Waals surface area contributed by atoms with E-state index in [0.29, 0.717) is 16.8 Å². The van der Waals surface area contributed by atoms with Crippen molar-refractivity contribution in [1.82, 2.24) is 14.6 Å². The molecule has 4 aromatic rings. The molecule has 0 aliphatic heterocycles. The molecule has 0 fully saturated rings. The smallest absolute Gasteiger partial charge is 0.272 e. The van der Waals surface area contributed by atoms with Crippen molar-refractivity contribution in [1.29, 1.82) is 0 Å². The van der Waals surface area contributed by atoms with E-state index in [4.69, 9.17) is 5.73 Å². The highest BCUT2D eigenvalue weighted by molar-refractivity contribution is 6.03. The van der Waals surface area contributed by atoms with Crippen LogP contribution in [0.2, 0.25) is 0 Å². The van der Waals surface area contributed by atoms with E-state index in [-0.39, 0.29) is 5.56 Å². The SMILES string of the molecule is C=Cc1c(N)c(-c2n[nH]c(=O)c3ccccc23)c2ccccn12. The van der Waals surface area contributed by atoms with Gasteiger partial charge in [-0.25, -0.2) is 5.10 Å². The van der Waals surface area contributed by atoms with Crippen molar-refractivity contribution in [2.75, 3.05) is 5.73 Å². The fourth-order valence-electron chi connectivity index (χ4n) is 3.02. The van der Waals surface area contributed by atoms with E-state index in [1.54, 1.807) is 12.1 Å². The molecule has 1 aromatic carbocycles. The summed E-state index contributed by atoms with van der Waals surface area (Å²) in [6.07, 6.45) is 3.65. The number of benzene rings is 1. The van der Waals surface area contributed by atoms with Crippen LogP contribution in [0.1, 0.15) is 5.69 Å². The summed E-state index contributed by atoms with van der Waals surface area (Å²) in [5, 5.41) is 8.20. The topological polar surface area (TPSA) is 76.2 Å². The van der Waals surface area contributed by atoms with Gasteiger partial charge in [-0.15, -0.1) is 0 Å². The minimum absolute atomic E-state index is 0.213. The lowest BCUT2D eigenvalue weighted by Crippen LogP contribution is -2.09. The number of hydrogen-bond donors (Lipinski definition) is 2. The van der Waals surface area contributed by atoms with E-state index in [2.05, 4.69) is 16.8 Å². The Hall–Kier alpha value is -3.34. The van der Waals surface area contributed by atoms with Gasteiger partial charge in [-0.2, -0.15) is 5.10 Å². The number of pyridine rings is 1. The fraction of sp³-hybridized carbons (Fsp3) is 0. The molecule has 3 aromatic heterocycles. The molecule has 0 saturated carbocycles. The molecule has 112 valence electrons. The maximum absolute atomic E-state index is 12.0. The number of nitrogens with two attached hydrogens (primary N) is 1. The first-order valence-corrected chi connectivity index (χ1v) is 7.21. The van der Waals surface area contributed by atoms with Crippen LogP contribution in [0.4, 0.5) is 5.69 Å². The van der Waals surface area contributed by atoms with Crippen molar-refractivity contribution in [3.05, 3.63) is 71.3 Å². The van der Waals surface area contributed by atoms with Crippen LogP contribution in [-0.2, 0) is 0 Å². The van der Waals surface area contributed by atoms with Crippen molar-refractivity contribution in [2.24, 2.45) is 0 Å². The Bertz CT molecular complexity index is 1120. The molecule has 0 spiro atoms. The first-order valence-electron chi connectivity index (χ1n) is 7.21. The molecular formula is C18H14N4O. The molecule has 5 nitrogen and oxygen atoms in total. The maximum Gasteiger partial charge on any atom is 0.272 e. The van der Waals surface area contributed by atoms with Crippen molar-refractivity contribution in [3.63, 3.8) is 0 Å². The second kappa shape index (κ2) is 4.84. The van der Waals surface area contributed by atoms with Crippen LogP contribution in [0, 0.1) is 0 Å². The van der Waals surface area contributed by atoms with Crippen molar-refractivity contribution in [3.8, 4) is 11.3 Å². The van der Waals surface area contributed by atoms with Gasteiger partial charge in [0, 0.05) is 11.6 Å². The van der Waals surface area contributed by atoms with Crippen LogP contribution in [0.3, 0.4) is 0 Å². The Kier molecular flexibility index (Phi) is 2.81. The predicted molar refractivity (Wildman–Crippen MR) is 93.3 cm³/mol. The highest BCUT2D eigenvalue weighted by Gasteiger charge is 2.19. The molecule has 0 aliphatic rings. The van der Waals surface area contributed by atoms with E-state index >= 15 is 0 Å². The lowest BCUT2D eigenvalue weighted by atomic mass is 10.0. The highest BCUT2D eigenvalue weighted by Crippen LogP contribution is 2.37. The summed E-state index contributed by atoms with van der Waals surface area (Å²) in [7, 11) is 0. The standard InChI is InChI=1S/C18H14N4O/c1-2-13-16(19)15(14-9-5-6-10-22(13)14)17-11-7-3-4-8-12(11)18(23)21-20-17/h2-10H,1,19H2,(H,21,23). The van der Waals surface area contributed by atoms with E-state index in [0.717, 1.165) is 22.2 Å². The van der Waals surface area contributed by atoms with Crippen molar-refractivity contribution in [2.45, 2.75) is 0 Å². The summed E-state index contributed by atoms with van der Waals surface area (Å²) in [4.78, 5) is 12.0. The number of H-pyrrole nitrogens is 1. The molecule has 4 rings (SSSR count). The quantitative estimate of drug-likeness (QED) is 0.597. The third-order valence-electron chi connectivity index (χ3n) is 4.05. The number of rotatable bonds is 2. The summed E-state index contributed by atoms with van der Waals surface area (Å²) in [6, 6.07) is 13.2. The molecule has 0 bridgehead atoms. The summed E-state index contributed by atoms with van der Waals surface area (Å²) < 4.78 is 1.97. The largest absolute Gasteiger partial charge is 0.396 e. The second-order valence-electron chi connectivity index (χ2n) is 5.28. The third kappa shape index (κ3) is 1.80. The molecule has 0 saturated heterocycles. The number of fused-ring (bicyclic) bond motifs is 2. The zero-order chi connectivity index (χ0) is 16.0. The molecule has 0 unspecified atom stereocenters. The molecule has 0 aliphatic carbocycles. The van der Waals surface area contributed by atoms with Gasteiger partial charge in [0.2, 0.25) is 0 Å². The van der Waals surface area contributed by atoms with Crippen LogP contribution in [-0.4, -0.2) is 14.6 Å². The normalized spacial score (nSPS) is 11.1. The van der Waals surface area contributed by atoms with E-state index in [9.17, 15) is 4.79 Å². The zero-order valence-corrected chi connectivity index (χ0v) is 12.3. The van der Waals surface area contributed by atoms with Gasteiger partial charge in [0.1, 0.15) is 5.69 Å². The minimum atomic E-state index is -0.213. The molecule has 5 heteroatoms. The van der Waals surface area contributed by atoms with Crippen molar-refractivity contribution < 1.29 is 0 Å². The van der Waals surface area contributed by atoms with Crippen molar-refractivity contribution >= 4 is 28.1 Å². The molecule has 0 radical (unpaired) electrons. The van der Waals surface area contributed by atoms with Crippen LogP contribution >= 0.6 is 0 Å². The number of nitrogens with one attached hydrogen (secondary N) is 1. The molecule has 3 heterocycles. The minimum Gasteiger partial charge on any atom is -0.396 e. The van der Waals surface area contributed by atoms with E-state index < -0.39 is 0 Å². The van der Waals surface area contributed by atoms with Gasteiger partial charge < -0.3 is 10.1 Å². The summed E-state index contributed by atoms with van der Waals surface area (Å²) in [5.41, 5.74) is 9.94. The summed E-state index contributed by atoms with van der Waals surface area (Å²) >= 11 is 0. The second-order valence-corrected chi connectivity index (χ2v) is 5.28. The third-order valence-corrected chi connectivity index (χ3v) is 4.05. The number of aromatic amines is 1. The van der Waals surface area contributed by atoms with Crippen LogP contribution < -0.4 is 11.3 Å². The first-order chi connectivity index (χ1) is 11.2. The molecule has 23 heavy (non-hydrogen) atoms. The monoisotopic (exact) mass is 302 g/mol. The number of hydrogen-bond acceptors (Lipinski definition) is 3. The van der Waals surface area contributed by atoms with Crippen LogP contribution in [0.15, 0.2) is 60.0 Å². The number of anilines is 1. The average molecular weight is 302 g/mol. The fourth-order valence-corrected chi connectivity index (χ4v) is 3.02. The van der Waals surface area contributed by atoms with E-state index in [1.165, 1.54) is 0 Å². The Morgan fingerprint density at radius 3 is 2.65 bits per heavy atom. The van der Waals surface area contributed by atoms with Gasteiger partial charge >= 0.3 is 0 Å². The molecular weight excluding hydrogens is 288 g/mol. The van der Waals surface area contributed by atoms with Gasteiger partial charge in [-0.05, 0) is 24.3 Å². The molecule has 0 amide bonds. The van der Waals surface area contributed by atoms with Gasteiger partial charge in [-0.1, -0.05) is 30.8 Å². The van der Waals surface area contributed by atoms with Gasteiger partial charge in [-0.3, -0.25) is 4.79 Å².